The average molecular weight is 377 g/mol. The zero-order chi connectivity index (χ0) is 19.1. The Morgan fingerprint density at radius 1 is 1.12 bits per heavy atom. The van der Waals surface area contributed by atoms with E-state index in [0.29, 0.717) is 19.0 Å². The van der Waals surface area contributed by atoms with Gasteiger partial charge in [0.2, 0.25) is 0 Å². The molecule has 0 aromatic heterocycles. The first-order valence-corrected chi connectivity index (χ1v) is 10.7. The molecule has 0 spiro atoms. The summed E-state index contributed by atoms with van der Waals surface area (Å²) in [5.74, 6) is 0.751. The highest BCUT2D eigenvalue weighted by Gasteiger charge is 2.29. The largest absolute Gasteiger partial charge is 0.379 e. The van der Waals surface area contributed by atoms with Gasteiger partial charge in [0, 0.05) is 31.7 Å². The first kappa shape index (κ1) is 22.2. The lowest BCUT2D eigenvalue weighted by atomic mass is 10.0. The molecule has 0 amide bonds. The van der Waals surface area contributed by atoms with Crippen molar-refractivity contribution in [2.75, 3.05) is 51.7 Å². The van der Waals surface area contributed by atoms with Gasteiger partial charge in [0.15, 0.2) is 15.8 Å². The van der Waals surface area contributed by atoms with Crippen molar-refractivity contribution in [3.8, 4) is 0 Å². The molecule has 0 bridgehead atoms. The van der Waals surface area contributed by atoms with E-state index in [1.54, 1.807) is 20.8 Å². The van der Waals surface area contributed by atoms with Crippen LogP contribution in [0, 0.1) is 0 Å². The smallest absolute Gasteiger partial charge is 0.191 e. The fourth-order valence-electron chi connectivity index (χ4n) is 2.49. The number of guanidine groups is 1. The SMILES string of the molecule is CCNC(=NCC(C)(C)N1CCOCC1)NCCS(=O)(=O)C(C)(C)C. The molecule has 7 nitrogen and oxygen atoms in total. The predicted octanol–water partition coefficient (Wildman–Crippen LogP) is 0.866. The van der Waals surface area contributed by atoms with E-state index in [2.05, 4.69) is 34.4 Å². The monoisotopic (exact) mass is 376 g/mol. The van der Waals surface area contributed by atoms with Crippen LogP contribution in [0.1, 0.15) is 41.5 Å². The standard InChI is InChI=1S/C17H36N4O3S/c1-7-18-15(19-8-13-25(22,23)16(2,3)4)20-14-17(5,6)21-9-11-24-12-10-21/h7-14H2,1-6H3,(H2,18,19,20). The fraction of sp³-hybridized carbons (Fsp3) is 0.941. The first-order valence-electron chi connectivity index (χ1n) is 9.07. The van der Waals surface area contributed by atoms with Gasteiger partial charge >= 0.3 is 0 Å². The topological polar surface area (TPSA) is 83.0 Å². The van der Waals surface area contributed by atoms with Crippen LogP contribution >= 0.6 is 0 Å². The number of hydrogen-bond acceptors (Lipinski definition) is 5. The lowest BCUT2D eigenvalue weighted by molar-refractivity contribution is -0.00683. The molecule has 25 heavy (non-hydrogen) atoms. The number of morpholine rings is 1. The molecule has 0 saturated carbocycles. The normalized spacial score (nSPS) is 18.2. The molecule has 0 aromatic rings. The van der Waals surface area contributed by atoms with E-state index in [-0.39, 0.29) is 11.3 Å². The Bertz CT molecular complexity index is 533. The van der Waals surface area contributed by atoms with Crippen LogP contribution in [0.3, 0.4) is 0 Å². The van der Waals surface area contributed by atoms with Gasteiger partial charge in [-0.25, -0.2) is 8.42 Å². The van der Waals surface area contributed by atoms with Crippen LogP contribution in [0.25, 0.3) is 0 Å². The van der Waals surface area contributed by atoms with Crippen molar-refractivity contribution in [1.29, 1.82) is 0 Å². The highest BCUT2D eigenvalue weighted by Crippen LogP contribution is 2.17. The third kappa shape index (κ3) is 7.11. The zero-order valence-electron chi connectivity index (χ0n) is 16.7. The second-order valence-corrected chi connectivity index (χ2v) is 10.8. The zero-order valence-corrected chi connectivity index (χ0v) is 17.5. The maximum absolute atomic E-state index is 12.2. The van der Waals surface area contributed by atoms with Gasteiger partial charge < -0.3 is 15.4 Å². The highest BCUT2D eigenvalue weighted by atomic mass is 32.2. The van der Waals surface area contributed by atoms with E-state index < -0.39 is 14.6 Å². The maximum atomic E-state index is 12.2. The van der Waals surface area contributed by atoms with E-state index in [1.165, 1.54) is 0 Å². The van der Waals surface area contributed by atoms with Gasteiger partial charge in [-0.05, 0) is 41.5 Å². The van der Waals surface area contributed by atoms with E-state index in [4.69, 9.17) is 4.74 Å². The van der Waals surface area contributed by atoms with Crippen molar-refractivity contribution in [2.24, 2.45) is 4.99 Å². The average Bonchev–Trinajstić information content (AvgIpc) is 2.52. The Labute approximate surface area is 153 Å². The molecule has 1 heterocycles. The molecule has 0 aromatic carbocycles. The molecule has 148 valence electrons. The maximum Gasteiger partial charge on any atom is 0.191 e. The lowest BCUT2D eigenvalue weighted by Crippen LogP contribution is -2.52. The third-order valence-corrected chi connectivity index (χ3v) is 7.04. The Hall–Kier alpha value is -0.860. The van der Waals surface area contributed by atoms with Crippen molar-refractivity contribution in [1.82, 2.24) is 15.5 Å². The van der Waals surface area contributed by atoms with Crippen LogP contribution in [0.2, 0.25) is 0 Å². The van der Waals surface area contributed by atoms with Crippen LogP contribution in [-0.2, 0) is 14.6 Å². The number of nitrogens with zero attached hydrogens (tertiary/aromatic N) is 2. The van der Waals surface area contributed by atoms with Crippen LogP contribution < -0.4 is 10.6 Å². The number of hydrogen-bond donors (Lipinski definition) is 2. The second-order valence-electron chi connectivity index (χ2n) is 7.97. The van der Waals surface area contributed by atoms with Gasteiger partial charge in [0.05, 0.1) is 30.3 Å². The van der Waals surface area contributed by atoms with Gasteiger partial charge in [0.25, 0.3) is 0 Å². The molecule has 0 unspecified atom stereocenters. The van der Waals surface area contributed by atoms with Crippen molar-refractivity contribution >= 4 is 15.8 Å². The van der Waals surface area contributed by atoms with Crippen molar-refractivity contribution < 1.29 is 13.2 Å². The van der Waals surface area contributed by atoms with Gasteiger partial charge in [0.1, 0.15) is 0 Å². The van der Waals surface area contributed by atoms with Crippen molar-refractivity contribution in [3.63, 3.8) is 0 Å². The van der Waals surface area contributed by atoms with Crippen molar-refractivity contribution in [3.05, 3.63) is 0 Å². The number of sulfone groups is 1. The Morgan fingerprint density at radius 2 is 1.72 bits per heavy atom. The second kappa shape index (κ2) is 9.19. The minimum Gasteiger partial charge on any atom is -0.379 e. The number of nitrogens with one attached hydrogen (secondary N) is 2. The summed E-state index contributed by atoms with van der Waals surface area (Å²) in [6.07, 6.45) is 0. The van der Waals surface area contributed by atoms with Crippen molar-refractivity contribution in [2.45, 2.75) is 51.8 Å². The fourth-order valence-corrected chi connectivity index (χ4v) is 3.48. The molecule has 0 atom stereocenters. The van der Waals surface area contributed by atoms with E-state index in [1.807, 2.05) is 6.92 Å². The molecule has 1 fully saturated rings. The summed E-state index contributed by atoms with van der Waals surface area (Å²) in [5.41, 5.74) is -0.0659. The molecule has 0 aliphatic carbocycles. The Kier molecular flexibility index (Phi) is 8.15. The lowest BCUT2D eigenvalue weighted by Gasteiger charge is -2.39. The van der Waals surface area contributed by atoms with Gasteiger partial charge in [-0.3, -0.25) is 9.89 Å². The summed E-state index contributed by atoms with van der Waals surface area (Å²) in [6.45, 7) is 16.6. The Morgan fingerprint density at radius 3 is 2.24 bits per heavy atom. The van der Waals surface area contributed by atoms with Crippen LogP contribution in [0.15, 0.2) is 4.99 Å². The summed E-state index contributed by atoms with van der Waals surface area (Å²) in [5, 5.41) is 6.32. The number of rotatable bonds is 7. The van der Waals surface area contributed by atoms with Gasteiger partial charge in [-0.2, -0.15) is 0 Å². The first-order chi connectivity index (χ1) is 11.5. The quantitative estimate of drug-likeness (QED) is 0.507. The molecule has 8 heteroatoms. The summed E-state index contributed by atoms with van der Waals surface area (Å²) in [4.78, 5) is 7.04. The molecule has 2 N–H and O–H groups in total. The number of aliphatic imine (C=N–C) groups is 1. The third-order valence-electron chi connectivity index (χ3n) is 4.43. The number of ether oxygens (including phenoxy) is 1. The molecule has 1 rings (SSSR count). The minimum atomic E-state index is -3.14. The van der Waals surface area contributed by atoms with E-state index in [0.717, 1.165) is 32.8 Å². The molecule has 1 aliphatic rings. The van der Waals surface area contributed by atoms with Gasteiger partial charge in [-0.1, -0.05) is 0 Å². The van der Waals surface area contributed by atoms with E-state index in [9.17, 15) is 8.42 Å². The minimum absolute atomic E-state index is 0.0659. The predicted molar refractivity (Wildman–Crippen MR) is 104 cm³/mol. The van der Waals surface area contributed by atoms with E-state index >= 15 is 0 Å². The molecule has 0 radical (unpaired) electrons. The molecular weight excluding hydrogens is 340 g/mol. The highest BCUT2D eigenvalue weighted by molar-refractivity contribution is 7.92. The summed E-state index contributed by atoms with van der Waals surface area (Å²) >= 11 is 0. The summed E-state index contributed by atoms with van der Waals surface area (Å²) in [7, 11) is -3.14. The van der Waals surface area contributed by atoms with Gasteiger partial charge in [-0.15, -0.1) is 0 Å². The van der Waals surface area contributed by atoms with Crippen LogP contribution in [0.5, 0.6) is 0 Å². The summed E-state index contributed by atoms with van der Waals surface area (Å²) < 4.78 is 29.1. The molecular formula is C17H36N4O3S. The summed E-state index contributed by atoms with van der Waals surface area (Å²) in [6, 6.07) is 0. The molecule has 1 saturated heterocycles. The Balaban J connectivity index is 2.61. The molecule has 1 aliphatic heterocycles. The van der Waals surface area contributed by atoms with Crippen LogP contribution in [0.4, 0.5) is 0 Å². The van der Waals surface area contributed by atoms with Crippen LogP contribution in [-0.4, -0.2) is 81.3 Å².